The molecule has 1 aromatic carbocycles. The predicted molar refractivity (Wildman–Crippen MR) is 127 cm³/mol. The maximum atomic E-state index is 12.5. The molecule has 6 heteroatoms. The van der Waals surface area contributed by atoms with E-state index in [0.717, 1.165) is 55.5 Å². The van der Waals surface area contributed by atoms with Gasteiger partial charge in [-0.3, -0.25) is 0 Å². The van der Waals surface area contributed by atoms with Crippen molar-refractivity contribution < 1.29 is 19.0 Å². The summed E-state index contributed by atoms with van der Waals surface area (Å²) in [5.74, 6) is 0.423. The minimum absolute atomic E-state index is 0.263. The number of esters is 1. The standard InChI is InChI=1S/C27H36N2O4/c1-2-3-4-5-6-8-11-25-28-18-22(19-29-25)21-12-14-23(15-13-21)32-26(30)24-20-31-27(33-24)16-9-7-10-17-27/h12-15,18-19,24H,2-11,16-17,20H2,1H3. The lowest BCUT2D eigenvalue weighted by Crippen LogP contribution is -2.35. The smallest absolute Gasteiger partial charge is 0.343 e. The highest BCUT2D eigenvalue weighted by atomic mass is 16.8. The van der Waals surface area contributed by atoms with Crippen LogP contribution in [0.15, 0.2) is 36.7 Å². The topological polar surface area (TPSA) is 70.5 Å². The van der Waals surface area contributed by atoms with E-state index < -0.39 is 17.9 Å². The Bertz CT molecular complexity index is 876. The summed E-state index contributed by atoms with van der Waals surface area (Å²) in [6, 6.07) is 7.43. The number of unbranched alkanes of at least 4 members (excludes halogenated alkanes) is 5. The van der Waals surface area contributed by atoms with E-state index in [0.29, 0.717) is 5.75 Å². The Morgan fingerprint density at radius 2 is 1.67 bits per heavy atom. The van der Waals surface area contributed by atoms with Gasteiger partial charge in [0.15, 0.2) is 11.9 Å². The minimum atomic E-state index is -0.657. The van der Waals surface area contributed by atoms with Crippen molar-refractivity contribution in [1.82, 2.24) is 9.97 Å². The normalized spacial score (nSPS) is 19.6. The van der Waals surface area contributed by atoms with Gasteiger partial charge in [0.05, 0.1) is 6.61 Å². The quantitative estimate of drug-likeness (QED) is 0.249. The molecule has 1 atom stereocenters. The predicted octanol–water partition coefficient (Wildman–Crippen LogP) is 6.03. The van der Waals surface area contributed by atoms with Crippen LogP contribution >= 0.6 is 0 Å². The van der Waals surface area contributed by atoms with Gasteiger partial charge >= 0.3 is 5.97 Å². The molecule has 1 aliphatic heterocycles. The van der Waals surface area contributed by atoms with Crippen LogP contribution in [0, 0.1) is 0 Å². The largest absolute Gasteiger partial charge is 0.425 e. The van der Waals surface area contributed by atoms with Gasteiger partial charge in [0.25, 0.3) is 0 Å². The number of carbonyl (C=O) groups is 1. The molecule has 2 fully saturated rings. The SMILES string of the molecule is CCCCCCCCc1ncc(-c2ccc(OC(=O)C3COC4(CCCCC4)O3)cc2)cn1. The Balaban J connectivity index is 1.24. The van der Waals surface area contributed by atoms with Gasteiger partial charge in [0, 0.05) is 37.2 Å². The summed E-state index contributed by atoms with van der Waals surface area (Å²) in [4.78, 5) is 21.6. The number of hydrogen-bond acceptors (Lipinski definition) is 6. The van der Waals surface area contributed by atoms with Gasteiger partial charge in [0.2, 0.25) is 0 Å². The molecule has 6 nitrogen and oxygen atoms in total. The number of aromatic nitrogens is 2. The highest BCUT2D eigenvalue weighted by Gasteiger charge is 2.45. The lowest BCUT2D eigenvalue weighted by Gasteiger charge is -2.31. The molecule has 2 heterocycles. The molecular weight excluding hydrogens is 416 g/mol. The summed E-state index contributed by atoms with van der Waals surface area (Å²) in [6.07, 6.45) is 16.7. The molecule has 0 radical (unpaired) electrons. The maximum Gasteiger partial charge on any atom is 0.343 e. The lowest BCUT2D eigenvalue weighted by molar-refractivity contribution is -0.193. The Hall–Kier alpha value is -2.31. The van der Waals surface area contributed by atoms with Crippen molar-refractivity contribution in [3.8, 4) is 16.9 Å². The van der Waals surface area contributed by atoms with Crippen molar-refractivity contribution >= 4 is 5.97 Å². The van der Waals surface area contributed by atoms with Crippen LogP contribution in [0.4, 0.5) is 0 Å². The van der Waals surface area contributed by atoms with Crippen LogP contribution in [0.2, 0.25) is 0 Å². The van der Waals surface area contributed by atoms with Crippen molar-refractivity contribution in [2.45, 2.75) is 95.9 Å². The first kappa shape index (κ1) is 23.8. The highest BCUT2D eigenvalue weighted by Crippen LogP contribution is 2.38. The molecule has 0 bridgehead atoms. The van der Waals surface area contributed by atoms with Gasteiger partial charge < -0.3 is 14.2 Å². The minimum Gasteiger partial charge on any atom is -0.425 e. The second-order valence-electron chi connectivity index (χ2n) is 9.24. The summed E-state index contributed by atoms with van der Waals surface area (Å²) in [6.45, 7) is 2.50. The molecule has 1 unspecified atom stereocenters. The van der Waals surface area contributed by atoms with E-state index in [4.69, 9.17) is 14.2 Å². The van der Waals surface area contributed by atoms with Gasteiger partial charge in [-0.15, -0.1) is 0 Å². The van der Waals surface area contributed by atoms with Crippen molar-refractivity contribution in [2.24, 2.45) is 0 Å². The fraction of sp³-hybridized carbons (Fsp3) is 0.593. The molecule has 4 rings (SSSR count). The van der Waals surface area contributed by atoms with E-state index in [9.17, 15) is 4.79 Å². The second-order valence-corrected chi connectivity index (χ2v) is 9.24. The van der Waals surface area contributed by atoms with Crippen LogP contribution in [0.25, 0.3) is 11.1 Å². The van der Waals surface area contributed by atoms with E-state index in [1.807, 2.05) is 24.5 Å². The van der Waals surface area contributed by atoms with Crippen LogP contribution < -0.4 is 4.74 Å². The Morgan fingerprint density at radius 1 is 0.970 bits per heavy atom. The summed E-state index contributed by atoms with van der Waals surface area (Å²) in [5, 5.41) is 0. The zero-order valence-corrected chi connectivity index (χ0v) is 19.8. The number of carbonyl (C=O) groups excluding carboxylic acids is 1. The molecule has 2 aromatic rings. The van der Waals surface area contributed by atoms with Crippen LogP contribution in [-0.4, -0.2) is 34.4 Å². The monoisotopic (exact) mass is 452 g/mol. The van der Waals surface area contributed by atoms with Crippen molar-refractivity contribution in [3.63, 3.8) is 0 Å². The number of rotatable bonds is 10. The summed E-state index contributed by atoms with van der Waals surface area (Å²) < 4.78 is 17.4. The van der Waals surface area contributed by atoms with Crippen LogP contribution in [-0.2, 0) is 20.7 Å². The molecular formula is C27H36N2O4. The first-order chi connectivity index (χ1) is 16.2. The van der Waals surface area contributed by atoms with Gasteiger partial charge in [-0.05, 0) is 37.0 Å². The van der Waals surface area contributed by atoms with E-state index in [-0.39, 0.29) is 6.61 Å². The fourth-order valence-corrected chi connectivity index (χ4v) is 4.62. The fourth-order valence-electron chi connectivity index (χ4n) is 4.62. The second kappa shape index (κ2) is 11.7. The molecule has 0 N–H and O–H groups in total. The molecule has 1 saturated carbocycles. The molecule has 1 saturated heterocycles. The van der Waals surface area contributed by atoms with Crippen LogP contribution in [0.1, 0.15) is 83.4 Å². The Morgan fingerprint density at radius 3 is 2.39 bits per heavy atom. The van der Waals surface area contributed by atoms with E-state index in [1.54, 1.807) is 12.1 Å². The Kier molecular flexibility index (Phi) is 8.46. The number of ether oxygens (including phenoxy) is 3. The maximum absolute atomic E-state index is 12.5. The summed E-state index contributed by atoms with van der Waals surface area (Å²) >= 11 is 0. The van der Waals surface area contributed by atoms with Gasteiger partial charge in [-0.1, -0.05) is 57.6 Å². The van der Waals surface area contributed by atoms with Gasteiger partial charge in [0.1, 0.15) is 11.6 Å². The van der Waals surface area contributed by atoms with E-state index in [1.165, 1.54) is 38.5 Å². The third-order valence-corrected chi connectivity index (χ3v) is 6.60. The van der Waals surface area contributed by atoms with Gasteiger partial charge in [-0.25, -0.2) is 14.8 Å². The average Bonchev–Trinajstić information content (AvgIpc) is 3.26. The third-order valence-electron chi connectivity index (χ3n) is 6.60. The number of benzene rings is 1. The third kappa shape index (κ3) is 6.61. The summed E-state index contributed by atoms with van der Waals surface area (Å²) in [5.41, 5.74) is 1.94. The zero-order valence-electron chi connectivity index (χ0n) is 19.8. The molecule has 33 heavy (non-hydrogen) atoms. The molecule has 2 aliphatic rings. The van der Waals surface area contributed by atoms with Crippen molar-refractivity contribution in [2.75, 3.05) is 6.61 Å². The Labute approximate surface area is 197 Å². The molecule has 1 spiro atoms. The van der Waals surface area contributed by atoms with Gasteiger partial charge in [-0.2, -0.15) is 0 Å². The number of aryl methyl sites for hydroxylation is 1. The molecule has 1 aromatic heterocycles. The first-order valence-corrected chi connectivity index (χ1v) is 12.6. The first-order valence-electron chi connectivity index (χ1n) is 12.6. The number of hydrogen-bond donors (Lipinski definition) is 0. The average molecular weight is 453 g/mol. The van der Waals surface area contributed by atoms with Crippen molar-refractivity contribution in [1.29, 1.82) is 0 Å². The lowest BCUT2D eigenvalue weighted by atomic mass is 9.94. The van der Waals surface area contributed by atoms with E-state index >= 15 is 0 Å². The summed E-state index contributed by atoms with van der Waals surface area (Å²) in [7, 11) is 0. The van der Waals surface area contributed by atoms with E-state index in [2.05, 4.69) is 16.9 Å². The highest BCUT2D eigenvalue weighted by molar-refractivity contribution is 5.78. The molecule has 178 valence electrons. The van der Waals surface area contributed by atoms with Crippen LogP contribution in [0.3, 0.4) is 0 Å². The zero-order chi connectivity index (χ0) is 22.9. The molecule has 0 amide bonds. The van der Waals surface area contributed by atoms with Crippen molar-refractivity contribution in [3.05, 3.63) is 42.5 Å². The molecule has 1 aliphatic carbocycles. The van der Waals surface area contributed by atoms with Crippen LogP contribution in [0.5, 0.6) is 5.75 Å². The number of nitrogens with zero attached hydrogens (tertiary/aromatic N) is 2.